The van der Waals surface area contributed by atoms with Crippen molar-refractivity contribution in [1.82, 2.24) is 0 Å². The van der Waals surface area contributed by atoms with E-state index in [2.05, 4.69) is 0 Å². The highest BCUT2D eigenvalue weighted by molar-refractivity contribution is 6.31. The second-order valence-electron chi connectivity index (χ2n) is 4.14. The molecule has 1 aliphatic heterocycles. The van der Waals surface area contributed by atoms with Crippen LogP contribution in [0.3, 0.4) is 0 Å². The van der Waals surface area contributed by atoms with Crippen LogP contribution >= 0.6 is 11.6 Å². The van der Waals surface area contributed by atoms with Gasteiger partial charge in [-0.25, -0.2) is 4.79 Å². The molecular formula is C13H15ClO5. The molecule has 0 spiro atoms. The van der Waals surface area contributed by atoms with Crippen molar-refractivity contribution in [1.29, 1.82) is 0 Å². The average Bonchev–Trinajstić information content (AvgIpc) is 2.59. The molecule has 19 heavy (non-hydrogen) atoms. The number of hydrogen-bond acceptors (Lipinski definition) is 4. The van der Waals surface area contributed by atoms with E-state index < -0.39 is 5.97 Å². The standard InChI is InChI=1S/C13H15ClO5/c14-10-7-12-11(18-3-1-4-19-12)6-9(10)2-5-17-8-13(15)16/h6-7H,1-5,8H2,(H,15,16). The number of hydrogen-bond donors (Lipinski definition) is 1. The van der Waals surface area contributed by atoms with E-state index in [1.807, 2.05) is 6.07 Å². The van der Waals surface area contributed by atoms with Gasteiger partial charge in [0.25, 0.3) is 0 Å². The molecule has 0 saturated heterocycles. The maximum absolute atomic E-state index is 10.3. The summed E-state index contributed by atoms with van der Waals surface area (Å²) < 4.78 is 16.1. The van der Waals surface area contributed by atoms with Gasteiger partial charge in [0, 0.05) is 17.5 Å². The van der Waals surface area contributed by atoms with Gasteiger partial charge in [-0.3, -0.25) is 0 Å². The van der Waals surface area contributed by atoms with Crippen LogP contribution < -0.4 is 9.47 Å². The summed E-state index contributed by atoms with van der Waals surface area (Å²) in [6.07, 6.45) is 1.37. The van der Waals surface area contributed by atoms with Crippen molar-refractivity contribution in [3.05, 3.63) is 22.7 Å². The fourth-order valence-electron chi connectivity index (χ4n) is 1.76. The van der Waals surface area contributed by atoms with Crippen LogP contribution in [-0.2, 0) is 16.0 Å². The van der Waals surface area contributed by atoms with Gasteiger partial charge in [0.15, 0.2) is 11.5 Å². The zero-order valence-electron chi connectivity index (χ0n) is 10.4. The summed E-state index contributed by atoms with van der Waals surface area (Å²) in [5.41, 5.74) is 0.858. The molecule has 0 fully saturated rings. The molecule has 0 bridgehead atoms. The van der Waals surface area contributed by atoms with Gasteiger partial charge in [0.05, 0.1) is 19.8 Å². The van der Waals surface area contributed by atoms with Crippen molar-refractivity contribution in [3.8, 4) is 11.5 Å². The minimum absolute atomic E-state index is 0.297. The number of aliphatic carboxylic acids is 1. The van der Waals surface area contributed by atoms with Crippen LogP contribution in [0.1, 0.15) is 12.0 Å². The normalized spacial score (nSPS) is 13.9. The number of carboxylic acids is 1. The predicted molar refractivity (Wildman–Crippen MR) is 69.2 cm³/mol. The van der Waals surface area contributed by atoms with Crippen LogP contribution in [0.15, 0.2) is 12.1 Å². The fourth-order valence-corrected chi connectivity index (χ4v) is 2.01. The summed E-state index contributed by atoms with van der Waals surface area (Å²) >= 11 is 6.15. The van der Waals surface area contributed by atoms with Crippen molar-refractivity contribution in [3.63, 3.8) is 0 Å². The summed E-state index contributed by atoms with van der Waals surface area (Å²) in [5.74, 6) is 0.345. The molecule has 2 rings (SSSR count). The Morgan fingerprint density at radius 1 is 1.32 bits per heavy atom. The van der Waals surface area contributed by atoms with E-state index in [0.29, 0.717) is 42.8 Å². The Balaban J connectivity index is 2.00. The number of benzene rings is 1. The van der Waals surface area contributed by atoms with E-state index in [1.165, 1.54) is 0 Å². The monoisotopic (exact) mass is 286 g/mol. The lowest BCUT2D eigenvalue weighted by molar-refractivity contribution is -0.142. The lowest BCUT2D eigenvalue weighted by atomic mass is 10.1. The third kappa shape index (κ3) is 4.01. The van der Waals surface area contributed by atoms with Gasteiger partial charge in [-0.05, 0) is 18.1 Å². The molecule has 1 aromatic rings. The van der Waals surface area contributed by atoms with E-state index in [0.717, 1.165) is 12.0 Å². The lowest BCUT2D eigenvalue weighted by Crippen LogP contribution is -2.09. The maximum Gasteiger partial charge on any atom is 0.329 e. The van der Waals surface area contributed by atoms with Gasteiger partial charge in [-0.15, -0.1) is 0 Å². The molecule has 0 unspecified atom stereocenters. The lowest BCUT2D eigenvalue weighted by Gasteiger charge is -2.11. The highest BCUT2D eigenvalue weighted by atomic mass is 35.5. The number of carbonyl (C=O) groups is 1. The van der Waals surface area contributed by atoms with E-state index in [1.54, 1.807) is 6.07 Å². The molecule has 1 heterocycles. The van der Waals surface area contributed by atoms with Crippen LogP contribution in [0, 0.1) is 0 Å². The topological polar surface area (TPSA) is 65.0 Å². The van der Waals surface area contributed by atoms with Crippen molar-refractivity contribution >= 4 is 17.6 Å². The Hall–Kier alpha value is -1.46. The molecule has 0 amide bonds. The molecule has 0 radical (unpaired) electrons. The third-order valence-electron chi connectivity index (χ3n) is 2.66. The highest BCUT2D eigenvalue weighted by Crippen LogP contribution is 2.35. The van der Waals surface area contributed by atoms with E-state index in [9.17, 15) is 4.79 Å². The fraction of sp³-hybridized carbons (Fsp3) is 0.462. The Labute approximate surface area is 116 Å². The maximum atomic E-state index is 10.3. The Morgan fingerprint density at radius 2 is 2.00 bits per heavy atom. The second-order valence-corrected chi connectivity index (χ2v) is 4.54. The first kappa shape index (κ1) is 14.0. The molecule has 5 nitrogen and oxygen atoms in total. The Morgan fingerprint density at radius 3 is 2.68 bits per heavy atom. The van der Waals surface area contributed by atoms with Gasteiger partial charge < -0.3 is 19.3 Å². The van der Waals surface area contributed by atoms with Crippen molar-refractivity contribution in [2.75, 3.05) is 26.4 Å². The molecule has 1 aliphatic rings. The van der Waals surface area contributed by atoms with E-state index in [4.69, 9.17) is 30.9 Å². The zero-order chi connectivity index (χ0) is 13.7. The summed E-state index contributed by atoms with van der Waals surface area (Å²) in [7, 11) is 0. The second kappa shape index (κ2) is 6.63. The smallest absolute Gasteiger partial charge is 0.329 e. The average molecular weight is 287 g/mol. The molecule has 1 N–H and O–H groups in total. The molecule has 6 heteroatoms. The summed E-state index contributed by atoms with van der Waals surface area (Å²) in [6.45, 7) is 1.22. The van der Waals surface area contributed by atoms with Crippen molar-refractivity contribution < 1.29 is 24.1 Å². The van der Waals surface area contributed by atoms with Crippen LogP contribution in [0.5, 0.6) is 11.5 Å². The molecule has 104 valence electrons. The summed E-state index contributed by atoms with van der Waals surface area (Å²) in [4.78, 5) is 10.3. The molecule has 1 aromatic carbocycles. The molecule has 0 atom stereocenters. The molecule has 0 aliphatic carbocycles. The first-order valence-electron chi connectivity index (χ1n) is 6.04. The Kier molecular flexibility index (Phi) is 4.87. The van der Waals surface area contributed by atoms with Gasteiger partial charge in [-0.1, -0.05) is 11.6 Å². The number of halogens is 1. The molecule has 0 aromatic heterocycles. The zero-order valence-corrected chi connectivity index (χ0v) is 11.1. The SMILES string of the molecule is O=C(O)COCCc1cc2c(cc1Cl)OCCCO2. The highest BCUT2D eigenvalue weighted by Gasteiger charge is 2.14. The third-order valence-corrected chi connectivity index (χ3v) is 3.01. The minimum Gasteiger partial charge on any atom is -0.490 e. The number of carboxylic acid groups (broad SMARTS) is 1. The van der Waals surface area contributed by atoms with Crippen LogP contribution in [0.4, 0.5) is 0 Å². The molecule has 0 saturated carbocycles. The van der Waals surface area contributed by atoms with Gasteiger partial charge >= 0.3 is 5.97 Å². The first-order chi connectivity index (χ1) is 9.16. The van der Waals surface area contributed by atoms with E-state index >= 15 is 0 Å². The van der Waals surface area contributed by atoms with Crippen LogP contribution in [0.25, 0.3) is 0 Å². The first-order valence-corrected chi connectivity index (χ1v) is 6.42. The van der Waals surface area contributed by atoms with E-state index in [-0.39, 0.29) is 6.61 Å². The van der Waals surface area contributed by atoms with Gasteiger partial charge in [0.2, 0.25) is 0 Å². The number of ether oxygens (including phenoxy) is 3. The number of fused-ring (bicyclic) bond motifs is 1. The van der Waals surface area contributed by atoms with Gasteiger partial charge in [0.1, 0.15) is 6.61 Å². The minimum atomic E-state index is -0.982. The largest absolute Gasteiger partial charge is 0.490 e. The Bertz CT molecular complexity index is 461. The van der Waals surface area contributed by atoms with Gasteiger partial charge in [-0.2, -0.15) is 0 Å². The number of rotatable bonds is 5. The summed E-state index contributed by atoms with van der Waals surface area (Å²) in [6, 6.07) is 3.56. The molecular weight excluding hydrogens is 272 g/mol. The quantitative estimate of drug-likeness (QED) is 0.840. The summed E-state index contributed by atoms with van der Waals surface area (Å²) in [5, 5.41) is 9.04. The van der Waals surface area contributed by atoms with Crippen molar-refractivity contribution in [2.45, 2.75) is 12.8 Å². The van der Waals surface area contributed by atoms with Crippen LogP contribution in [0.2, 0.25) is 5.02 Å². The van der Waals surface area contributed by atoms with Crippen LogP contribution in [-0.4, -0.2) is 37.5 Å². The van der Waals surface area contributed by atoms with Crippen molar-refractivity contribution in [2.24, 2.45) is 0 Å². The predicted octanol–water partition coefficient (Wildman–Crippen LogP) is 2.14.